The molecule has 1 aromatic carbocycles. The first-order valence-electron chi connectivity index (χ1n) is 8.24. The van der Waals surface area contributed by atoms with Crippen LogP contribution in [-0.4, -0.2) is 35.9 Å². The molecule has 138 valence electrons. The smallest absolute Gasteiger partial charge is 0.274 e. The number of rotatable bonds is 6. The Morgan fingerprint density at radius 2 is 1.69 bits per heavy atom. The molecular weight excluding hydrogens is 334 g/mol. The summed E-state index contributed by atoms with van der Waals surface area (Å²) < 4.78 is 0. The second-order valence-corrected chi connectivity index (χ2v) is 6.53. The van der Waals surface area contributed by atoms with Gasteiger partial charge < -0.3 is 15.5 Å². The van der Waals surface area contributed by atoms with Gasteiger partial charge in [-0.25, -0.2) is 4.98 Å². The van der Waals surface area contributed by atoms with Crippen LogP contribution in [0.15, 0.2) is 35.1 Å². The zero-order valence-corrected chi connectivity index (χ0v) is 15.3. The van der Waals surface area contributed by atoms with Crippen molar-refractivity contribution >= 4 is 29.1 Å². The van der Waals surface area contributed by atoms with Crippen molar-refractivity contribution in [1.29, 1.82) is 0 Å². The van der Waals surface area contributed by atoms with Gasteiger partial charge in [-0.3, -0.25) is 19.4 Å². The zero-order chi connectivity index (χ0) is 19.3. The standard InChI is InChI=1S/C18H23N5O3/c1-11(2)9-15(24)19-12-5-7-13(8-6-12)20-17(26)14-10-16(25)22-18(21-14)23(3)4/h5-8,10-11H,9H2,1-4H3,(H,19,24)(H,20,26)(H,21,22,25). The van der Waals surface area contributed by atoms with Crippen molar-refractivity contribution in [2.45, 2.75) is 20.3 Å². The molecule has 1 heterocycles. The zero-order valence-electron chi connectivity index (χ0n) is 15.3. The van der Waals surface area contributed by atoms with Crippen LogP contribution in [0.4, 0.5) is 17.3 Å². The summed E-state index contributed by atoms with van der Waals surface area (Å²) in [6.07, 6.45) is 0.445. The Morgan fingerprint density at radius 1 is 1.12 bits per heavy atom. The highest BCUT2D eigenvalue weighted by atomic mass is 16.2. The summed E-state index contributed by atoms with van der Waals surface area (Å²) in [7, 11) is 3.43. The third kappa shape index (κ3) is 5.44. The molecule has 0 aliphatic rings. The molecule has 0 aliphatic heterocycles. The second-order valence-electron chi connectivity index (χ2n) is 6.53. The number of aromatic nitrogens is 2. The predicted octanol–water partition coefficient (Wildman–Crippen LogP) is 2.07. The van der Waals surface area contributed by atoms with Crippen LogP contribution in [-0.2, 0) is 4.79 Å². The normalized spacial score (nSPS) is 10.5. The lowest BCUT2D eigenvalue weighted by Crippen LogP contribution is -2.23. The lowest BCUT2D eigenvalue weighted by atomic mass is 10.1. The van der Waals surface area contributed by atoms with Gasteiger partial charge in [0.2, 0.25) is 11.9 Å². The van der Waals surface area contributed by atoms with E-state index in [2.05, 4.69) is 20.6 Å². The summed E-state index contributed by atoms with van der Waals surface area (Å²) in [6.45, 7) is 3.95. The molecule has 3 N–H and O–H groups in total. The lowest BCUT2D eigenvalue weighted by molar-refractivity contribution is -0.116. The number of nitrogens with one attached hydrogen (secondary N) is 3. The average molecular weight is 357 g/mol. The van der Waals surface area contributed by atoms with Crippen molar-refractivity contribution in [1.82, 2.24) is 9.97 Å². The largest absolute Gasteiger partial charge is 0.348 e. The molecule has 0 aliphatic carbocycles. The molecule has 0 spiro atoms. The highest BCUT2D eigenvalue weighted by molar-refractivity contribution is 6.03. The van der Waals surface area contributed by atoms with Crippen LogP contribution in [0.2, 0.25) is 0 Å². The summed E-state index contributed by atoms with van der Waals surface area (Å²) >= 11 is 0. The van der Waals surface area contributed by atoms with E-state index in [4.69, 9.17) is 0 Å². The molecule has 1 aromatic heterocycles. The van der Waals surface area contributed by atoms with E-state index >= 15 is 0 Å². The fourth-order valence-corrected chi connectivity index (χ4v) is 2.19. The molecule has 0 atom stereocenters. The van der Waals surface area contributed by atoms with E-state index in [9.17, 15) is 14.4 Å². The Kier molecular flexibility index (Phi) is 6.11. The van der Waals surface area contributed by atoms with Crippen LogP contribution >= 0.6 is 0 Å². The minimum Gasteiger partial charge on any atom is -0.348 e. The quantitative estimate of drug-likeness (QED) is 0.734. The van der Waals surface area contributed by atoms with Crippen LogP contribution in [0.5, 0.6) is 0 Å². The number of amides is 2. The van der Waals surface area contributed by atoms with E-state index in [0.29, 0.717) is 23.7 Å². The van der Waals surface area contributed by atoms with E-state index in [-0.39, 0.29) is 17.5 Å². The van der Waals surface area contributed by atoms with Crippen molar-refractivity contribution in [2.24, 2.45) is 5.92 Å². The topological polar surface area (TPSA) is 107 Å². The molecule has 0 unspecified atom stereocenters. The summed E-state index contributed by atoms with van der Waals surface area (Å²) in [5.41, 5.74) is 0.798. The molecule has 2 amide bonds. The molecule has 8 heteroatoms. The number of H-pyrrole nitrogens is 1. The third-order valence-corrected chi connectivity index (χ3v) is 3.41. The van der Waals surface area contributed by atoms with Crippen LogP contribution < -0.4 is 21.1 Å². The van der Waals surface area contributed by atoms with Gasteiger partial charge in [-0.05, 0) is 30.2 Å². The van der Waals surface area contributed by atoms with Crippen molar-refractivity contribution in [2.75, 3.05) is 29.6 Å². The number of carbonyl (C=O) groups is 2. The van der Waals surface area contributed by atoms with E-state index < -0.39 is 11.5 Å². The van der Waals surface area contributed by atoms with Crippen molar-refractivity contribution in [3.05, 3.63) is 46.4 Å². The van der Waals surface area contributed by atoms with Gasteiger partial charge in [0.15, 0.2) is 0 Å². The van der Waals surface area contributed by atoms with Gasteiger partial charge in [-0.15, -0.1) is 0 Å². The Labute approximate surface area is 151 Å². The van der Waals surface area contributed by atoms with Gasteiger partial charge >= 0.3 is 0 Å². The summed E-state index contributed by atoms with van der Waals surface area (Å²) in [5, 5.41) is 5.48. The highest BCUT2D eigenvalue weighted by Crippen LogP contribution is 2.15. The molecular formula is C18H23N5O3. The maximum Gasteiger partial charge on any atom is 0.274 e. The minimum atomic E-state index is -0.490. The summed E-state index contributed by atoms with van der Waals surface area (Å²) in [5.74, 6) is 0.0320. The maximum absolute atomic E-state index is 12.3. The van der Waals surface area contributed by atoms with Crippen molar-refractivity contribution in [3.8, 4) is 0 Å². The first-order chi connectivity index (χ1) is 12.2. The second kappa shape index (κ2) is 8.28. The monoisotopic (exact) mass is 357 g/mol. The summed E-state index contributed by atoms with van der Waals surface area (Å²) in [4.78, 5) is 44.0. The molecule has 0 fully saturated rings. The van der Waals surface area contributed by atoms with E-state index in [1.54, 1.807) is 43.3 Å². The van der Waals surface area contributed by atoms with Gasteiger partial charge in [0, 0.05) is 38.0 Å². The molecule has 0 bridgehead atoms. The van der Waals surface area contributed by atoms with Crippen LogP contribution in [0, 0.1) is 5.92 Å². The first kappa shape index (κ1) is 19.2. The molecule has 2 aromatic rings. The van der Waals surface area contributed by atoms with E-state index in [1.807, 2.05) is 13.8 Å². The number of hydrogen-bond acceptors (Lipinski definition) is 5. The number of carbonyl (C=O) groups excluding carboxylic acids is 2. The number of nitrogens with zero attached hydrogens (tertiary/aromatic N) is 2. The van der Waals surface area contributed by atoms with Crippen molar-refractivity contribution < 1.29 is 9.59 Å². The first-order valence-corrected chi connectivity index (χ1v) is 8.24. The Bertz CT molecular complexity index is 841. The van der Waals surface area contributed by atoms with Crippen molar-refractivity contribution in [3.63, 3.8) is 0 Å². The van der Waals surface area contributed by atoms with Gasteiger partial charge in [0.05, 0.1) is 0 Å². The molecule has 0 radical (unpaired) electrons. The molecule has 8 nitrogen and oxygen atoms in total. The number of anilines is 3. The number of benzene rings is 1. The fourth-order valence-electron chi connectivity index (χ4n) is 2.19. The lowest BCUT2D eigenvalue weighted by Gasteiger charge is -2.12. The Balaban J connectivity index is 2.06. The van der Waals surface area contributed by atoms with Gasteiger partial charge in [0.25, 0.3) is 11.5 Å². The summed E-state index contributed by atoms with van der Waals surface area (Å²) in [6, 6.07) is 7.88. The van der Waals surface area contributed by atoms with Gasteiger partial charge in [-0.1, -0.05) is 13.8 Å². The highest BCUT2D eigenvalue weighted by Gasteiger charge is 2.12. The van der Waals surface area contributed by atoms with Gasteiger partial charge in [0.1, 0.15) is 5.69 Å². The fraction of sp³-hybridized carbons (Fsp3) is 0.333. The SMILES string of the molecule is CC(C)CC(=O)Nc1ccc(NC(=O)c2cc(=O)[nH]c(N(C)C)n2)cc1. The third-order valence-electron chi connectivity index (χ3n) is 3.41. The molecule has 26 heavy (non-hydrogen) atoms. The predicted molar refractivity (Wildman–Crippen MR) is 102 cm³/mol. The minimum absolute atomic E-state index is 0.0202. The average Bonchev–Trinajstić information content (AvgIpc) is 2.55. The molecule has 2 rings (SSSR count). The van der Waals surface area contributed by atoms with Gasteiger partial charge in [-0.2, -0.15) is 0 Å². The van der Waals surface area contributed by atoms with E-state index in [0.717, 1.165) is 6.07 Å². The number of aromatic amines is 1. The van der Waals surface area contributed by atoms with E-state index in [1.165, 1.54) is 0 Å². The van der Waals surface area contributed by atoms with Crippen LogP contribution in [0.3, 0.4) is 0 Å². The Hall–Kier alpha value is -3.16. The number of hydrogen-bond donors (Lipinski definition) is 3. The maximum atomic E-state index is 12.3. The molecule has 0 saturated heterocycles. The molecule has 0 saturated carbocycles. The van der Waals surface area contributed by atoms with Crippen LogP contribution in [0.25, 0.3) is 0 Å². The Morgan fingerprint density at radius 3 is 2.23 bits per heavy atom. The van der Waals surface area contributed by atoms with Crippen LogP contribution in [0.1, 0.15) is 30.8 Å².